The number of aryl methyl sites for hydroxylation is 1. The molecule has 1 saturated carbocycles. The van der Waals surface area contributed by atoms with Crippen LogP contribution in [0.5, 0.6) is 0 Å². The van der Waals surface area contributed by atoms with Crippen molar-refractivity contribution in [3.05, 3.63) is 47.7 Å². The Morgan fingerprint density at radius 3 is 2.64 bits per heavy atom. The van der Waals surface area contributed by atoms with E-state index in [1.807, 2.05) is 18.2 Å². The van der Waals surface area contributed by atoms with Gasteiger partial charge in [0.2, 0.25) is 17.7 Å². The van der Waals surface area contributed by atoms with E-state index in [0.29, 0.717) is 24.7 Å². The molecule has 0 spiro atoms. The van der Waals surface area contributed by atoms with Crippen LogP contribution in [0.1, 0.15) is 75.6 Å². The molecular weight excluding hydrogens is 314 g/mol. The molecule has 1 aromatic carbocycles. The van der Waals surface area contributed by atoms with Crippen molar-refractivity contribution in [3.63, 3.8) is 0 Å². The van der Waals surface area contributed by atoms with Crippen LogP contribution in [0.25, 0.3) is 0 Å². The zero-order valence-corrected chi connectivity index (χ0v) is 15.1. The number of hydrogen-bond acceptors (Lipinski definition) is 4. The van der Waals surface area contributed by atoms with Crippen molar-refractivity contribution in [2.45, 2.75) is 70.3 Å². The molecule has 0 aliphatic heterocycles. The largest absolute Gasteiger partial charge is 0.425 e. The van der Waals surface area contributed by atoms with Crippen LogP contribution in [0.4, 0.5) is 0 Å². The fourth-order valence-corrected chi connectivity index (χ4v) is 3.47. The topological polar surface area (TPSA) is 68.0 Å². The first-order valence-electron chi connectivity index (χ1n) is 9.29. The van der Waals surface area contributed by atoms with Gasteiger partial charge in [0.25, 0.3) is 0 Å². The first kappa shape index (κ1) is 17.6. The summed E-state index contributed by atoms with van der Waals surface area (Å²) in [5, 5.41) is 11.4. The van der Waals surface area contributed by atoms with Crippen molar-refractivity contribution in [2.75, 3.05) is 0 Å². The maximum Gasteiger partial charge on any atom is 0.221 e. The van der Waals surface area contributed by atoms with Gasteiger partial charge in [-0.3, -0.25) is 4.79 Å². The molecule has 1 heterocycles. The molecule has 25 heavy (non-hydrogen) atoms. The van der Waals surface area contributed by atoms with Gasteiger partial charge in [-0.15, -0.1) is 10.2 Å². The van der Waals surface area contributed by atoms with Crippen LogP contribution in [0.3, 0.4) is 0 Å². The molecule has 1 fully saturated rings. The van der Waals surface area contributed by atoms with E-state index in [-0.39, 0.29) is 11.4 Å². The lowest BCUT2D eigenvalue weighted by molar-refractivity contribution is -0.123. The Morgan fingerprint density at radius 1 is 1.24 bits per heavy atom. The second kappa shape index (κ2) is 7.81. The van der Waals surface area contributed by atoms with Crippen LogP contribution in [-0.4, -0.2) is 16.1 Å². The number of nitrogens with zero attached hydrogens (tertiary/aromatic N) is 2. The molecule has 0 radical (unpaired) electrons. The zero-order chi connectivity index (χ0) is 17.7. The third-order valence-electron chi connectivity index (χ3n) is 5.29. The average Bonchev–Trinajstić information content (AvgIpc) is 3.32. The van der Waals surface area contributed by atoms with Gasteiger partial charge in [-0.1, -0.05) is 50.1 Å². The van der Waals surface area contributed by atoms with Gasteiger partial charge in [0.1, 0.15) is 0 Å². The Hall–Kier alpha value is -2.17. The molecule has 5 nitrogen and oxygen atoms in total. The highest BCUT2D eigenvalue weighted by Gasteiger charge is 2.27. The van der Waals surface area contributed by atoms with Crippen molar-refractivity contribution in [1.29, 1.82) is 0 Å². The molecule has 0 unspecified atom stereocenters. The zero-order valence-electron chi connectivity index (χ0n) is 15.1. The average molecular weight is 341 g/mol. The van der Waals surface area contributed by atoms with Crippen molar-refractivity contribution in [2.24, 2.45) is 0 Å². The van der Waals surface area contributed by atoms with Gasteiger partial charge in [-0.2, -0.15) is 0 Å². The minimum absolute atomic E-state index is 0.00817. The molecule has 1 N–H and O–H groups in total. The van der Waals surface area contributed by atoms with Crippen molar-refractivity contribution in [3.8, 4) is 0 Å². The van der Waals surface area contributed by atoms with Gasteiger partial charge in [-0.05, 0) is 31.7 Å². The lowest BCUT2D eigenvalue weighted by atomic mass is 9.89. The third kappa shape index (κ3) is 4.27. The van der Waals surface area contributed by atoms with E-state index in [4.69, 9.17) is 4.42 Å². The quantitative estimate of drug-likeness (QED) is 0.823. The molecule has 1 amide bonds. The Bertz CT molecular complexity index is 692. The van der Waals surface area contributed by atoms with Crippen molar-refractivity contribution < 1.29 is 9.21 Å². The molecule has 0 bridgehead atoms. The van der Waals surface area contributed by atoms with Gasteiger partial charge in [-0.25, -0.2) is 0 Å². The van der Waals surface area contributed by atoms with E-state index in [1.54, 1.807) is 0 Å². The SMILES string of the molecule is CC[C@](C)(NC(=O)CCc1nnc(C2CCCC2)o1)c1ccccc1. The van der Waals surface area contributed by atoms with Crippen LogP contribution in [-0.2, 0) is 16.8 Å². The monoisotopic (exact) mass is 341 g/mol. The third-order valence-corrected chi connectivity index (χ3v) is 5.29. The van der Waals surface area contributed by atoms with Gasteiger partial charge < -0.3 is 9.73 Å². The molecule has 1 aliphatic rings. The Morgan fingerprint density at radius 2 is 1.96 bits per heavy atom. The minimum atomic E-state index is -0.359. The summed E-state index contributed by atoms with van der Waals surface area (Å²) in [7, 11) is 0. The summed E-state index contributed by atoms with van der Waals surface area (Å²) in [6.07, 6.45) is 6.41. The maximum atomic E-state index is 12.4. The second-order valence-corrected chi connectivity index (χ2v) is 7.12. The lowest BCUT2D eigenvalue weighted by Gasteiger charge is -2.30. The van der Waals surface area contributed by atoms with Crippen LogP contribution in [0.15, 0.2) is 34.7 Å². The van der Waals surface area contributed by atoms with E-state index >= 15 is 0 Å². The molecule has 1 atom stereocenters. The standard InChI is InChI=1S/C20H27N3O2/c1-3-20(2,16-11-5-4-6-12-16)21-17(24)13-14-18-22-23-19(25-18)15-9-7-8-10-15/h4-6,11-12,15H,3,7-10,13-14H2,1-2H3,(H,21,24)/t20-/m0/s1. The maximum absolute atomic E-state index is 12.4. The molecule has 1 aliphatic carbocycles. The Kier molecular flexibility index (Phi) is 5.51. The minimum Gasteiger partial charge on any atom is -0.425 e. The van der Waals surface area contributed by atoms with Gasteiger partial charge in [0.15, 0.2) is 0 Å². The second-order valence-electron chi connectivity index (χ2n) is 7.12. The van der Waals surface area contributed by atoms with Gasteiger partial charge >= 0.3 is 0 Å². The molecule has 1 aromatic heterocycles. The first-order chi connectivity index (χ1) is 12.1. The van der Waals surface area contributed by atoms with Crippen LogP contribution >= 0.6 is 0 Å². The fourth-order valence-electron chi connectivity index (χ4n) is 3.47. The molecule has 2 aromatic rings. The number of rotatable bonds is 7. The van der Waals surface area contributed by atoms with Gasteiger partial charge in [0, 0.05) is 18.8 Å². The van der Waals surface area contributed by atoms with Crippen LogP contribution < -0.4 is 5.32 Å². The number of carbonyl (C=O) groups is 1. The van der Waals surface area contributed by atoms with E-state index < -0.39 is 0 Å². The first-order valence-corrected chi connectivity index (χ1v) is 9.29. The number of nitrogens with one attached hydrogen (secondary N) is 1. The molecule has 134 valence electrons. The summed E-state index contributed by atoms with van der Waals surface area (Å²) in [5.41, 5.74) is 0.759. The number of aromatic nitrogens is 2. The smallest absolute Gasteiger partial charge is 0.221 e. The highest BCUT2D eigenvalue weighted by molar-refractivity contribution is 5.77. The summed E-state index contributed by atoms with van der Waals surface area (Å²) in [5.74, 6) is 1.73. The van der Waals surface area contributed by atoms with E-state index in [2.05, 4.69) is 41.5 Å². The molecule has 5 heteroatoms. The molecular formula is C20H27N3O2. The van der Waals surface area contributed by atoms with Crippen LogP contribution in [0.2, 0.25) is 0 Å². The summed E-state index contributed by atoms with van der Waals surface area (Å²) in [6.45, 7) is 4.14. The highest BCUT2D eigenvalue weighted by Crippen LogP contribution is 2.33. The number of hydrogen-bond donors (Lipinski definition) is 1. The van der Waals surface area contributed by atoms with E-state index in [0.717, 1.165) is 30.7 Å². The van der Waals surface area contributed by atoms with E-state index in [1.165, 1.54) is 12.8 Å². The predicted octanol–water partition coefficient (Wildman–Crippen LogP) is 4.10. The normalized spacial score (nSPS) is 17.4. The number of amides is 1. The summed E-state index contributed by atoms with van der Waals surface area (Å²) < 4.78 is 5.76. The predicted molar refractivity (Wildman–Crippen MR) is 96.1 cm³/mol. The lowest BCUT2D eigenvalue weighted by Crippen LogP contribution is -2.43. The summed E-state index contributed by atoms with van der Waals surface area (Å²) in [4.78, 5) is 12.4. The molecule has 0 saturated heterocycles. The Labute approximate surface area is 149 Å². The Balaban J connectivity index is 1.55. The van der Waals surface area contributed by atoms with Gasteiger partial charge in [0.05, 0.1) is 5.54 Å². The summed E-state index contributed by atoms with van der Waals surface area (Å²) in [6, 6.07) is 10.1. The highest BCUT2D eigenvalue weighted by atomic mass is 16.4. The fraction of sp³-hybridized carbons (Fsp3) is 0.550. The molecule has 3 rings (SSSR count). The number of benzene rings is 1. The summed E-state index contributed by atoms with van der Waals surface area (Å²) >= 11 is 0. The van der Waals surface area contributed by atoms with Crippen molar-refractivity contribution in [1.82, 2.24) is 15.5 Å². The number of carbonyl (C=O) groups excluding carboxylic acids is 1. The van der Waals surface area contributed by atoms with Crippen molar-refractivity contribution >= 4 is 5.91 Å². The van der Waals surface area contributed by atoms with E-state index in [9.17, 15) is 4.79 Å². The van der Waals surface area contributed by atoms with Crippen LogP contribution in [0, 0.1) is 0 Å².